The molecule has 1 aliphatic rings. The van der Waals surface area contributed by atoms with Crippen LogP contribution in [0.5, 0.6) is 0 Å². The summed E-state index contributed by atoms with van der Waals surface area (Å²) in [4.78, 5) is 0. The summed E-state index contributed by atoms with van der Waals surface area (Å²) in [7, 11) is 0. The monoisotopic (exact) mass is 323 g/mol. The summed E-state index contributed by atoms with van der Waals surface area (Å²) in [6, 6.07) is 6.59. The van der Waals surface area contributed by atoms with Crippen molar-refractivity contribution in [3.63, 3.8) is 0 Å². The van der Waals surface area contributed by atoms with Crippen LogP contribution in [0.3, 0.4) is 0 Å². The molecule has 0 bridgehead atoms. The van der Waals surface area contributed by atoms with Crippen LogP contribution < -0.4 is 0 Å². The number of nitrogens with zero attached hydrogens (tertiary/aromatic N) is 3. The molecule has 0 atom stereocenters. The van der Waals surface area contributed by atoms with Crippen LogP contribution in [0.25, 0.3) is 5.52 Å². The predicted molar refractivity (Wildman–Crippen MR) is 69.1 cm³/mol. The number of pyridine rings is 1. The van der Waals surface area contributed by atoms with Crippen LogP contribution in [-0.2, 0) is 5.41 Å². The summed E-state index contributed by atoms with van der Waals surface area (Å²) in [5.41, 5.74) is 1.97. The Labute approximate surface area is 107 Å². The Bertz CT molecular complexity index is 590. The van der Waals surface area contributed by atoms with Gasteiger partial charge in [-0.25, -0.2) is 4.52 Å². The molecule has 2 aromatic rings. The van der Waals surface area contributed by atoms with Crippen molar-refractivity contribution in [2.24, 2.45) is 0 Å². The summed E-state index contributed by atoms with van der Waals surface area (Å²) in [5, 5.41) is 13.6. The number of aromatic nitrogens is 2. The highest BCUT2D eigenvalue weighted by molar-refractivity contribution is 14.1. The standard InChI is InChI=1S/C12H10IN3/c13-10-6-15-16-7-9(2-3-11(10)16)12(8-14)4-1-5-12/h2-3,6-7H,1,4-5H2. The van der Waals surface area contributed by atoms with Crippen molar-refractivity contribution in [1.29, 1.82) is 5.26 Å². The SMILES string of the molecule is N#CC1(c2ccc3c(I)cnn3c2)CCC1. The van der Waals surface area contributed by atoms with Gasteiger partial charge >= 0.3 is 0 Å². The first kappa shape index (κ1) is 10.1. The van der Waals surface area contributed by atoms with Crippen LogP contribution in [0, 0.1) is 14.9 Å². The summed E-state index contributed by atoms with van der Waals surface area (Å²) in [6.45, 7) is 0. The third kappa shape index (κ3) is 1.27. The Morgan fingerprint density at radius 2 is 2.25 bits per heavy atom. The van der Waals surface area contributed by atoms with Gasteiger partial charge in [0.15, 0.2) is 0 Å². The lowest BCUT2D eigenvalue weighted by Gasteiger charge is -2.35. The van der Waals surface area contributed by atoms with Gasteiger partial charge in [0, 0.05) is 6.20 Å². The van der Waals surface area contributed by atoms with Gasteiger partial charge in [0.1, 0.15) is 0 Å². The fourth-order valence-electron chi connectivity index (χ4n) is 2.23. The molecule has 1 fully saturated rings. The molecule has 0 amide bonds. The van der Waals surface area contributed by atoms with Crippen molar-refractivity contribution in [2.75, 3.05) is 0 Å². The molecule has 0 spiro atoms. The smallest absolute Gasteiger partial charge is 0.0837 e. The van der Waals surface area contributed by atoms with Crippen LogP contribution in [0.4, 0.5) is 0 Å². The maximum absolute atomic E-state index is 9.29. The normalized spacial score (nSPS) is 18.0. The van der Waals surface area contributed by atoms with E-state index in [1.165, 1.54) is 0 Å². The van der Waals surface area contributed by atoms with Crippen molar-refractivity contribution in [3.8, 4) is 6.07 Å². The van der Waals surface area contributed by atoms with Crippen molar-refractivity contribution < 1.29 is 0 Å². The van der Waals surface area contributed by atoms with Gasteiger partial charge in [-0.05, 0) is 53.5 Å². The fourth-order valence-corrected chi connectivity index (χ4v) is 2.78. The number of halogens is 1. The number of rotatable bonds is 1. The van der Waals surface area contributed by atoms with Crippen molar-refractivity contribution in [3.05, 3.63) is 33.7 Å². The molecule has 0 aromatic carbocycles. The van der Waals surface area contributed by atoms with Crippen LogP contribution in [0.2, 0.25) is 0 Å². The topological polar surface area (TPSA) is 41.1 Å². The van der Waals surface area contributed by atoms with Gasteiger partial charge in [-0.1, -0.05) is 6.07 Å². The van der Waals surface area contributed by atoms with Gasteiger partial charge in [-0.15, -0.1) is 0 Å². The molecule has 80 valence electrons. The zero-order valence-corrected chi connectivity index (χ0v) is 10.8. The van der Waals surface area contributed by atoms with E-state index in [0.29, 0.717) is 0 Å². The first-order valence-electron chi connectivity index (χ1n) is 5.30. The molecule has 0 N–H and O–H groups in total. The molecule has 2 aromatic heterocycles. The first-order chi connectivity index (χ1) is 7.75. The highest BCUT2D eigenvalue weighted by Crippen LogP contribution is 2.43. The Morgan fingerprint density at radius 1 is 1.44 bits per heavy atom. The predicted octanol–water partition coefficient (Wildman–Crippen LogP) is 2.88. The van der Waals surface area contributed by atoms with E-state index in [-0.39, 0.29) is 5.41 Å². The lowest BCUT2D eigenvalue weighted by Crippen LogP contribution is -2.32. The van der Waals surface area contributed by atoms with Gasteiger partial charge in [0.2, 0.25) is 0 Å². The summed E-state index contributed by atoms with van der Waals surface area (Å²) >= 11 is 2.27. The lowest BCUT2D eigenvalue weighted by atomic mass is 9.66. The van der Waals surface area contributed by atoms with Crippen molar-refractivity contribution in [2.45, 2.75) is 24.7 Å². The largest absolute Gasteiger partial charge is 0.240 e. The second-order valence-corrected chi connectivity index (χ2v) is 5.45. The molecule has 1 aliphatic carbocycles. The Kier molecular flexibility index (Phi) is 2.18. The van der Waals surface area contributed by atoms with E-state index in [9.17, 15) is 5.26 Å². The molecule has 3 rings (SSSR count). The lowest BCUT2D eigenvalue weighted by molar-refractivity contribution is 0.323. The molecule has 16 heavy (non-hydrogen) atoms. The molecule has 0 aliphatic heterocycles. The molecular weight excluding hydrogens is 313 g/mol. The average Bonchev–Trinajstić information content (AvgIpc) is 2.60. The van der Waals surface area contributed by atoms with Crippen LogP contribution in [0.1, 0.15) is 24.8 Å². The number of hydrogen-bond donors (Lipinski definition) is 0. The summed E-state index contributed by atoms with van der Waals surface area (Å²) in [5.74, 6) is 0. The number of fused-ring (bicyclic) bond motifs is 1. The molecule has 0 radical (unpaired) electrons. The van der Waals surface area contributed by atoms with Gasteiger partial charge < -0.3 is 0 Å². The van der Waals surface area contributed by atoms with Crippen LogP contribution >= 0.6 is 22.6 Å². The van der Waals surface area contributed by atoms with E-state index in [1.807, 2.05) is 16.9 Å². The van der Waals surface area contributed by atoms with E-state index in [0.717, 1.165) is 33.9 Å². The molecule has 0 unspecified atom stereocenters. The zero-order chi connectivity index (χ0) is 11.2. The quantitative estimate of drug-likeness (QED) is 0.757. The van der Waals surface area contributed by atoms with E-state index in [4.69, 9.17) is 0 Å². The second-order valence-electron chi connectivity index (χ2n) is 4.29. The number of nitriles is 1. The first-order valence-corrected chi connectivity index (χ1v) is 6.38. The molecule has 2 heterocycles. The van der Waals surface area contributed by atoms with E-state index in [2.05, 4.69) is 45.9 Å². The third-order valence-electron chi connectivity index (χ3n) is 3.44. The van der Waals surface area contributed by atoms with Gasteiger partial charge in [0.25, 0.3) is 0 Å². The van der Waals surface area contributed by atoms with Crippen LogP contribution in [0.15, 0.2) is 24.5 Å². The van der Waals surface area contributed by atoms with E-state index in [1.54, 1.807) is 0 Å². The number of hydrogen-bond acceptors (Lipinski definition) is 2. The molecule has 1 saturated carbocycles. The summed E-state index contributed by atoms with van der Waals surface area (Å²) in [6.07, 6.45) is 6.96. The Morgan fingerprint density at radius 3 is 2.88 bits per heavy atom. The zero-order valence-electron chi connectivity index (χ0n) is 8.65. The third-order valence-corrected chi connectivity index (χ3v) is 4.27. The van der Waals surface area contributed by atoms with Gasteiger partial charge in [-0.3, -0.25) is 0 Å². The van der Waals surface area contributed by atoms with Crippen molar-refractivity contribution >= 4 is 28.1 Å². The maximum Gasteiger partial charge on any atom is 0.0837 e. The Balaban J connectivity index is 2.16. The minimum absolute atomic E-state index is 0.244. The molecule has 0 saturated heterocycles. The van der Waals surface area contributed by atoms with E-state index < -0.39 is 0 Å². The maximum atomic E-state index is 9.29. The van der Waals surface area contributed by atoms with Gasteiger partial charge in [-0.2, -0.15) is 10.4 Å². The highest BCUT2D eigenvalue weighted by atomic mass is 127. The minimum atomic E-state index is -0.244. The highest BCUT2D eigenvalue weighted by Gasteiger charge is 2.39. The average molecular weight is 323 g/mol. The second kappa shape index (κ2) is 3.45. The van der Waals surface area contributed by atoms with Crippen LogP contribution in [-0.4, -0.2) is 9.61 Å². The van der Waals surface area contributed by atoms with Crippen molar-refractivity contribution in [1.82, 2.24) is 9.61 Å². The molecule has 4 heteroatoms. The summed E-state index contributed by atoms with van der Waals surface area (Å²) < 4.78 is 3.01. The van der Waals surface area contributed by atoms with E-state index >= 15 is 0 Å². The van der Waals surface area contributed by atoms with Gasteiger partial charge in [0.05, 0.1) is 26.8 Å². The Hall–Kier alpha value is -1.09. The fraction of sp³-hybridized carbons (Fsp3) is 0.333. The molecule has 3 nitrogen and oxygen atoms in total. The minimum Gasteiger partial charge on any atom is -0.240 e. The molecular formula is C12H10IN3.